The summed E-state index contributed by atoms with van der Waals surface area (Å²) in [5.74, 6) is 1.12. The molecule has 1 amide bonds. The highest BCUT2D eigenvalue weighted by Gasteiger charge is 2.11. The van der Waals surface area contributed by atoms with Gasteiger partial charge in [-0.3, -0.25) is 4.79 Å². The van der Waals surface area contributed by atoms with Crippen LogP contribution >= 0.6 is 11.3 Å². The second kappa shape index (κ2) is 7.74. The van der Waals surface area contributed by atoms with Crippen molar-refractivity contribution in [2.75, 3.05) is 14.2 Å². The number of thiazole rings is 1. The number of ether oxygens (including phenoxy) is 2. The van der Waals surface area contributed by atoms with E-state index in [9.17, 15) is 4.79 Å². The number of para-hydroxylation sites is 1. The molecule has 0 bridgehead atoms. The second-order valence-corrected chi connectivity index (χ2v) is 6.93. The number of aromatic nitrogens is 1. The number of nitrogens with zero attached hydrogens (tertiary/aromatic N) is 2. The lowest BCUT2D eigenvalue weighted by molar-refractivity contribution is -0.117. The van der Waals surface area contributed by atoms with Crippen LogP contribution in [0.25, 0.3) is 10.2 Å². The first kappa shape index (κ1) is 18.2. The maximum absolute atomic E-state index is 12.5. The third kappa shape index (κ3) is 3.51. The molecule has 3 aromatic rings. The Kier molecular flexibility index (Phi) is 5.42. The van der Waals surface area contributed by atoms with Crippen LogP contribution < -0.4 is 14.3 Å². The van der Waals surface area contributed by atoms with Crippen LogP contribution in [0.1, 0.15) is 18.1 Å². The van der Waals surface area contributed by atoms with Crippen molar-refractivity contribution in [2.45, 2.75) is 19.8 Å². The number of hydrogen-bond acceptors (Lipinski definition) is 4. The Morgan fingerprint density at radius 1 is 1.15 bits per heavy atom. The molecular formula is C20H22N2O3S. The van der Waals surface area contributed by atoms with E-state index in [0.717, 1.165) is 22.2 Å². The minimum absolute atomic E-state index is 0.183. The zero-order valence-electron chi connectivity index (χ0n) is 15.4. The van der Waals surface area contributed by atoms with E-state index in [4.69, 9.17) is 9.47 Å². The zero-order chi connectivity index (χ0) is 18.7. The summed E-state index contributed by atoms with van der Waals surface area (Å²) in [4.78, 5) is 17.6. The van der Waals surface area contributed by atoms with Crippen LogP contribution in [0.3, 0.4) is 0 Å². The molecule has 1 aromatic heterocycles. The standard InChI is InChI=1S/C20H22N2O3S/c1-5-13-7-6-8-17-19(13)22(2)20(26-17)21-18(23)11-14-9-10-15(24-3)12-16(14)25-4/h6-10,12H,5,11H2,1-4H3. The van der Waals surface area contributed by atoms with E-state index in [-0.39, 0.29) is 12.3 Å². The molecule has 0 atom stereocenters. The fourth-order valence-corrected chi connectivity index (χ4v) is 4.07. The van der Waals surface area contributed by atoms with E-state index < -0.39 is 0 Å². The van der Waals surface area contributed by atoms with E-state index >= 15 is 0 Å². The average molecular weight is 370 g/mol. The normalized spacial score (nSPS) is 11.8. The van der Waals surface area contributed by atoms with Gasteiger partial charge in [0.1, 0.15) is 11.5 Å². The van der Waals surface area contributed by atoms with Crippen molar-refractivity contribution in [1.82, 2.24) is 4.57 Å². The van der Waals surface area contributed by atoms with E-state index in [1.807, 2.05) is 29.8 Å². The molecular weight excluding hydrogens is 348 g/mol. The van der Waals surface area contributed by atoms with Crippen LogP contribution in [-0.2, 0) is 24.7 Å². The number of aryl methyl sites for hydroxylation is 2. The van der Waals surface area contributed by atoms with Crippen molar-refractivity contribution >= 4 is 27.5 Å². The predicted molar refractivity (Wildman–Crippen MR) is 104 cm³/mol. The predicted octanol–water partition coefficient (Wildman–Crippen LogP) is 3.49. The third-order valence-electron chi connectivity index (χ3n) is 4.34. The lowest BCUT2D eigenvalue weighted by Crippen LogP contribution is -2.15. The molecule has 6 heteroatoms. The molecule has 3 rings (SSSR count). The minimum atomic E-state index is -0.200. The van der Waals surface area contributed by atoms with Gasteiger partial charge in [-0.1, -0.05) is 36.5 Å². The van der Waals surface area contributed by atoms with Gasteiger partial charge in [-0.25, -0.2) is 0 Å². The molecule has 5 nitrogen and oxygen atoms in total. The number of rotatable bonds is 5. The van der Waals surface area contributed by atoms with Gasteiger partial charge in [-0.15, -0.1) is 0 Å². The van der Waals surface area contributed by atoms with Gasteiger partial charge in [0.15, 0.2) is 4.80 Å². The van der Waals surface area contributed by atoms with Gasteiger partial charge in [0, 0.05) is 18.7 Å². The first-order chi connectivity index (χ1) is 12.6. The fraction of sp³-hybridized carbons (Fsp3) is 0.300. The smallest absolute Gasteiger partial charge is 0.252 e. The maximum Gasteiger partial charge on any atom is 0.252 e. The van der Waals surface area contributed by atoms with Gasteiger partial charge < -0.3 is 14.0 Å². The lowest BCUT2D eigenvalue weighted by atomic mass is 10.1. The Morgan fingerprint density at radius 3 is 2.65 bits per heavy atom. The molecule has 26 heavy (non-hydrogen) atoms. The third-order valence-corrected chi connectivity index (χ3v) is 5.44. The van der Waals surface area contributed by atoms with Crippen LogP contribution in [0.5, 0.6) is 11.5 Å². The van der Waals surface area contributed by atoms with Crippen LogP contribution in [0.4, 0.5) is 0 Å². The lowest BCUT2D eigenvalue weighted by Gasteiger charge is -2.08. The first-order valence-corrected chi connectivity index (χ1v) is 9.25. The van der Waals surface area contributed by atoms with E-state index in [2.05, 4.69) is 24.0 Å². The number of methoxy groups -OCH3 is 2. The summed E-state index contributed by atoms with van der Waals surface area (Å²) in [6.45, 7) is 2.13. The molecule has 0 radical (unpaired) electrons. The van der Waals surface area contributed by atoms with Crippen molar-refractivity contribution in [3.63, 3.8) is 0 Å². The van der Waals surface area contributed by atoms with E-state index in [0.29, 0.717) is 16.3 Å². The molecule has 0 fully saturated rings. The summed E-state index contributed by atoms with van der Waals surface area (Å²) >= 11 is 1.53. The Balaban J connectivity index is 1.95. The Bertz CT molecular complexity index is 1020. The summed E-state index contributed by atoms with van der Waals surface area (Å²) in [5.41, 5.74) is 3.20. The molecule has 0 saturated heterocycles. The van der Waals surface area contributed by atoms with Crippen LogP contribution in [0.2, 0.25) is 0 Å². The van der Waals surface area contributed by atoms with Crippen LogP contribution in [0.15, 0.2) is 41.4 Å². The summed E-state index contributed by atoms with van der Waals surface area (Å²) in [6, 6.07) is 11.7. The van der Waals surface area contributed by atoms with Gasteiger partial charge in [-0.2, -0.15) is 4.99 Å². The maximum atomic E-state index is 12.5. The molecule has 1 heterocycles. The monoisotopic (exact) mass is 370 g/mol. The molecule has 0 aliphatic rings. The van der Waals surface area contributed by atoms with Crippen molar-refractivity contribution in [3.05, 3.63) is 52.3 Å². The van der Waals surface area contributed by atoms with Crippen molar-refractivity contribution in [3.8, 4) is 11.5 Å². The number of benzene rings is 2. The molecule has 0 aliphatic carbocycles. The van der Waals surface area contributed by atoms with Gasteiger partial charge in [0.05, 0.1) is 30.9 Å². The molecule has 136 valence electrons. The van der Waals surface area contributed by atoms with Gasteiger partial charge in [0.2, 0.25) is 0 Å². The van der Waals surface area contributed by atoms with Crippen molar-refractivity contribution in [1.29, 1.82) is 0 Å². The number of fused-ring (bicyclic) bond motifs is 1. The highest BCUT2D eigenvalue weighted by atomic mass is 32.1. The highest BCUT2D eigenvalue weighted by molar-refractivity contribution is 7.16. The second-order valence-electron chi connectivity index (χ2n) is 5.92. The van der Waals surface area contributed by atoms with E-state index in [1.54, 1.807) is 20.3 Å². The number of carbonyl (C=O) groups is 1. The Labute approximate surface area is 156 Å². The molecule has 0 spiro atoms. The molecule has 2 aromatic carbocycles. The molecule has 0 unspecified atom stereocenters. The topological polar surface area (TPSA) is 52.8 Å². The quantitative estimate of drug-likeness (QED) is 0.691. The zero-order valence-corrected chi connectivity index (χ0v) is 16.2. The Hall–Kier alpha value is -2.60. The average Bonchev–Trinajstić information content (AvgIpc) is 2.97. The number of amides is 1. The number of hydrogen-bond donors (Lipinski definition) is 0. The summed E-state index contributed by atoms with van der Waals surface area (Å²) in [5, 5.41) is 0. The largest absolute Gasteiger partial charge is 0.497 e. The van der Waals surface area contributed by atoms with Crippen molar-refractivity contribution in [2.24, 2.45) is 12.0 Å². The molecule has 0 saturated carbocycles. The summed E-state index contributed by atoms with van der Waals surface area (Å²) < 4.78 is 13.7. The van der Waals surface area contributed by atoms with Gasteiger partial charge in [0.25, 0.3) is 5.91 Å². The van der Waals surface area contributed by atoms with Crippen LogP contribution in [0, 0.1) is 0 Å². The fourth-order valence-electron chi connectivity index (χ4n) is 2.98. The molecule has 0 aliphatic heterocycles. The van der Waals surface area contributed by atoms with Gasteiger partial charge >= 0.3 is 0 Å². The minimum Gasteiger partial charge on any atom is -0.497 e. The Morgan fingerprint density at radius 2 is 1.96 bits per heavy atom. The summed E-state index contributed by atoms with van der Waals surface area (Å²) in [7, 11) is 5.14. The van der Waals surface area contributed by atoms with E-state index in [1.165, 1.54) is 16.9 Å². The SMILES string of the molecule is CCc1cccc2sc(=NC(=O)Cc3ccc(OC)cc3OC)n(C)c12. The van der Waals surface area contributed by atoms with Crippen molar-refractivity contribution < 1.29 is 14.3 Å². The highest BCUT2D eigenvalue weighted by Crippen LogP contribution is 2.25. The number of carbonyl (C=O) groups excluding carboxylic acids is 1. The summed E-state index contributed by atoms with van der Waals surface area (Å²) in [6.07, 6.45) is 1.13. The van der Waals surface area contributed by atoms with Crippen LogP contribution in [-0.4, -0.2) is 24.7 Å². The van der Waals surface area contributed by atoms with Gasteiger partial charge in [-0.05, 0) is 24.1 Å². The first-order valence-electron chi connectivity index (χ1n) is 8.43. The molecule has 0 N–H and O–H groups in total.